The van der Waals surface area contributed by atoms with Gasteiger partial charge in [-0.2, -0.15) is 0 Å². The molecule has 0 saturated carbocycles. The van der Waals surface area contributed by atoms with Crippen molar-refractivity contribution >= 4 is 44.4 Å². The number of aliphatic hydroxyl groups excluding tert-OH is 1. The summed E-state index contributed by atoms with van der Waals surface area (Å²) in [6.07, 6.45) is 2.09. The number of aryl methyl sites for hydroxylation is 1. The van der Waals surface area contributed by atoms with Crippen LogP contribution in [0.3, 0.4) is 0 Å². The number of fused-ring (bicyclic) bond motifs is 3. The fourth-order valence-corrected chi connectivity index (χ4v) is 4.21. The monoisotopic (exact) mass is 428 g/mol. The molecule has 0 radical (unpaired) electrons. The van der Waals surface area contributed by atoms with Crippen LogP contribution in [0.1, 0.15) is 12.5 Å². The summed E-state index contributed by atoms with van der Waals surface area (Å²) in [6.45, 7) is 2.15. The van der Waals surface area contributed by atoms with Gasteiger partial charge in [0.15, 0.2) is 5.82 Å². The molecule has 8 nitrogen and oxygen atoms in total. The molecule has 0 spiro atoms. The van der Waals surface area contributed by atoms with Gasteiger partial charge in [0.25, 0.3) is 0 Å². The summed E-state index contributed by atoms with van der Waals surface area (Å²) in [6, 6.07) is 4.88. The average molecular weight is 428 g/mol. The molecule has 10 heteroatoms. The van der Waals surface area contributed by atoms with E-state index in [1.54, 1.807) is 18.5 Å². The second kappa shape index (κ2) is 8.33. The number of pyridine rings is 1. The minimum absolute atomic E-state index is 0.0151. The van der Waals surface area contributed by atoms with Crippen LogP contribution in [0.25, 0.3) is 32.0 Å². The molecule has 3 heterocycles. The number of aromatic nitrogens is 4. The second-order valence-electron chi connectivity index (χ2n) is 6.88. The first-order chi connectivity index (χ1) is 14.5. The maximum Gasteiger partial charge on any atom is 0.216 e. The van der Waals surface area contributed by atoms with Gasteiger partial charge >= 0.3 is 0 Å². The number of hydrogen-bond donors (Lipinski definition) is 3. The molecule has 156 valence electrons. The zero-order chi connectivity index (χ0) is 21.3. The lowest BCUT2D eigenvalue weighted by Crippen LogP contribution is -2.22. The van der Waals surface area contributed by atoms with Crippen LogP contribution >= 0.6 is 11.3 Å². The number of nitrogens with zero attached hydrogens (tertiary/aromatic N) is 4. The van der Waals surface area contributed by atoms with Gasteiger partial charge in [-0.3, -0.25) is 4.79 Å². The minimum Gasteiger partial charge on any atom is -0.395 e. The summed E-state index contributed by atoms with van der Waals surface area (Å²) in [5.41, 5.74) is 3.56. The van der Waals surface area contributed by atoms with Gasteiger partial charge in [0.1, 0.15) is 32.2 Å². The predicted octanol–water partition coefficient (Wildman–Crippen LogP) is 2.47. The molecule has 0 unspecified atom stereocenters. The molecule has 4 aromatic rings. The van der Waals surface area contributed by atoms with Crippen molar-refractivity contribution in [2.75, 3.05) is 25.0 Å². The number of amides is 1. The molecular weight excluding hydrogens is 407 g/mol. The number of carbonyl (C=O) groups excluding carboxylic acids is 1. The van der Waals surface area contributed by atoms with Gasteiger partial charge in [-0.1, -0.05) is 11.3 Å². The lowest BCUT2D eigenvalue weighted by molar-refractivity contribution is -0.118. The van der Waals surface area contributed by atoms with E-state index < -0.39 is 0 Å². The minimum atomic E-state index is -0.312. The highest BCUT2D eigenvalue weighted by atomic mass is 32.1. The Hall–Kier alpha value is -3.11. The molecule has 1 aromatic carbocycles. The SMILES string of the molecule is CC(=O)NCCc1cc(-c2nc3c(nc(NCCO)c4ncn(C)c43)s2)ccc1F. The number of thiazole rings is 1. The van der Waals surface area contributed by atoms with E-state index in [0.717, 1.165) is 26.4 Å². The zero-order valence-electron chi connectivity index (χ0n) is 16.6. The smallest absolute Gasteiger partial charge is 0.216 e. The van der Waals surface area contributed by atoms with Crippen molar-refractivity contribution in [1.82, 2.24) is 24.8 Å². The maximum absolute atomic E-state index is 14.2. The molecule has 3 aromatic heterocycles. The fourth-order valence-electron chi connectivity index (χ4n) is 3.27. The Bertz CT molecular complexity index is 1240. The summed E-state index contributed by atoms with van der Waals surface area (Å²) in [7, 11) is 1.89. The highest BCUT2D eigenvalue weighted by Gasteiger charge is 2.18. The van der Waals surface area contributed by atoms with Gasteiger partial charge in [-0.05, 0) is 30.2 Å². The third kappa shape index (κ3) is 3.83. The summed E-state index contributed by atoms with van der Waals surface area (Å²) in [4.78, 5) is 25.6. The van der Waals surface area contributed by atoms with E-state index in [0.29, 0.717) is 36.4 Å². The Kier molecular flexibility index (Phi) is 5.60. The van der Waals surface area contributed by atoms with E-state index in [9.17, 15) is 9.18 Å². The van der Waals surface area contributed by atoms with Crippen LogP contribution in [0.15, 0.2) is 24.5 Å². The molecule has 30 heavy (non-hydrogen) atoms. The molecule has 3 N–H and O–H groups in total. The lowest BCUT2D eigenvalue weighted by atomic mass is 10.1. The number of imidazole rings is 1. The number of rotatable bonds is 7. The Morgan fingerprint density at radius 2 is 2.10 bits per heavy atom. The highest BCUT2D eigenvalue weighted by molar-refractivity contribution is 7.21. The fraction of sp³-hybridized carbons (Fsp3) is 0.300. The highest BCUT2D eigenvalue weighted by Crippen LogP contribution is 2.35. The first-order valence-corrected chi connectivity index (χ1v) is 10.3. The predicted molar refractivity (Wildman–Crippen MR) is 115 cm³/mol. The Labute approximate surface area is 175 Å². The van der Waals surface area contributed by atoms with Gasteiger partial charge < -0.3 is 20.3 Å². The lowest BCUT2D eigenvalue weighted by Gasteiger charge is -2.06. The third-order valence-corrected chi connectivity index (χ3v) is 5.67. The van der Waals surface area contributed by atoms with Crippen molar-refractivity contribution in [3.8, 4) is 10.6 Å². The molecular formula is C20H21FN6O2S. The van der Waals surface area contributed by atoms with Crippen LogP contribution in [0.4, 0.5) is 10.2 Å². The summed E-state index contributed by atoms with van der Waals surface area (Å²) >= 11 is 1.41. The summed E-state index contributed by atoms with van der Waals surface area (Å²) < 4.78 is 16.1. The quantitative estimate of drug-likeness (QED) is 0.418. The van der Waals surface area contributed by atoms with Crippen molar-refractivity contribution < 1.29 is 14.3 Å². The van der Waals surface area contributed by atoms with Crippen molar-refractivity contribution in [1.29, 1.82) is 0 Å². The molecule has 0 aliphatic rings. The first-order valence-electron chi connectivity index (χ1n) is 9.47. The molecule has 0 bridgehead atoms. The number of nitrogens with one attached hydrogen (secondary N) is 2. The molecule has 1 amide bonds. The van der Waals surface area contributed by atoms with Crippen LogP contribution in [0, 0.1) is 5.82 Å². The molecule has 0 atom stereocenters. The summed E-state index contributed by atoms with van der Waals surface area (Å²) in [5.74, 6) is 0.139. The Morgan fingerprint density at radius 1 is 1.27 bits per heavy atom. The van der Waals surface area contributed by atoms with Gasteiger partial charge in [0, 0.05) is 32.6 Å². The van der Waals surface area contributed by atoms with E-state index in [1.807, 2.05) is 11.6 Å². The topological polar surface area (TPSA) is 105 Å². The normalized spacial score (nSPS) is 11.3. The van der Waals surface area contributed by atoms with Gasteiger partial charge in [0.05, 0.1) is 12.9 Å². The van der Waals surface area contributed by atoms with Crippen LogP contribution in [0.5, 0.6) is 0 Å². The second-order valence-corrected chi connectivity index (χ2v) is 7.85. The molecule has 0 aliphatic heterocycles. The van der Waals surface area contributed by atoms with Crippen molar-refractivity contribution in [2.24, 2.45) is 7.05 Å². The number of anilines is 1. The number of carbonyl (C=O) groups is 1. The van der Waals surface area contributed by atoms with Crippen LogP contribution in [-0.2, 0) is 18.3 Å². The number of benzene rings is 1. The maximum atomic E-state index is 14.2. The average Bonchev–Trinajstić information content (AvgIpc) is 3.31. The van der Waals surface area contributed by atoms with E-state index in [2.05, 4.69) is 20.6 Å². The Balaban J connectivity index is 1.76. The molecule has 0 fully saturated rings. The van der Waals surface area contributed by atoms with Crippen molar-refractivity contribution in [2.45, 2.75) is 13.3 Å². The van der Waals surface area contributed by atoms with E-state index in [1.165, 1.54) is 24.3 Å². The van der Waals surface area contributed by atoms with Gasteiger partial charge in [-0.15, -0.1) is 0 Å². The van der Waals surface area contributed by atoms with Crippen molar-refractivity contribution in [3.05, 3.63) is 35.9 Å². The molecule has 4 rings (SSSR count). The summed E-state index contributed by atoms with van der Waals surface area (Å²) in [5, 5.41) is 15.6. The number of hydrogen-bond acceptors (Lipinski definition) is 7. The van der Waals surface area contributed by atoms with Gasteiger partial charge in [0.2, 0.25) is 5.91 Å². The zero-order valence-corrected chi connectivity index (χ0v) is 17.4. The largest absolute Gasteiger partial charge is 0.395 e. The van der Waals surface area contributed by atoms with Crippen LogP contribution in [-0.4, -0.2) is 50.2 Å². The van der Waals surface area contributed by atoms with Crippen LogP contribution < -0.4 is 10.6 Å². The molecule has 0 aliphatic carbocycles. The van der Waals surface area contributed by atoms with E-state index >= 15 is 0 Å². The first kappa shape index (κ1) is 20.2. The molecule has 0 saturated heterocycles. The number of aliphatic hydroxyl groups is 1. The van der Waals surface area contributed by atoms with E-state index in [4.69, 9.17) is 10.1 Å². The third-order valence-electron chi connectivity index (χ3n) is 4.67. The Morgan fingerprint density at radius 3 is 2.87 bits per heavy atom. The van der Waals surface area contributed by atoms with E-state index in [-0.39, 0.29) is 18.3 Å². The number of halogens is 1. The van der Waals surface area contributed by atoms with Crippen molar-refractivity contribution in [3.63, 3.8) is 0 Å². The standard InChI is InChI=1S/C20H21FN6O2S/c1-11(29)22-6-5-12-9-13(3-4-14(12)21)19-25-16-17-15(24-10-27(17)2)18(23-7-8-28)26-20(16)30-19/h3-4,9-10,28H,5-8H2,1-2H3,(H,22,29)(H,23,26). The van der Waals surface area contributed by atoms with Gasteiger partial charge in [-0.25, -0.2) is 19.3 Å². The van der Waals surface area contributed by atoms with Crippen LogP contribution in [0.2, 0.25) is 0 Å².